The fraction of sp³-hybridized carbons (Fsp3) is 0.417. The summed E-state index contributed by atoms with van der Waals surface area (Å²) in [5.41, 5.74) is 1.50. The van der Waals surface area contributed by atoms with E-state index >= 15 is 0 Å². The minimum absolute atomic E-state index is 0.0208. The molecule has 2 aromatic heterocycles. The second-order valence-electron chi connectivity index (χ2n) is 8.44. The number of nitrogens with zero attached hydrogens (tertiary/aromatic N) is 3. The molecule has 4 rings (SSSR count). The van der Waals surface area contributed by atoms with Crippen molar-refractivity contribution in [2.45, 2.75) is 44.4 Å². The summed E-state index contributed by atoms with van der Waals surface area (Å²) in [6.45, 7) is 4.42. The largest absolute Gasteiger partial charge is 0.493 e. The number of ether oxygens (including phenoxy) is 1. The van der Waals surface area contributed by atoms with Crippen molar-refractivity contribution < 1.29 is 23.1 Å². The molecule has 0 atom stereocenters. The number of hydrogen-bond donors (Lipinski definition) is 2. The molecule has 0 amide bonds. The lowest BCUT2D eigenvalue weighted by atomic mass is 9.99. The first-order chi connectivity index (χ1) is 16.8. The second-order valence-corrected chi connectivity index (χ2v) is 10.4. The van der Waals surface area contributed by atoms with Crippen LogP contribution < -0.4 is 10.3 Å². The van der Waals surface area contributed by atoms with Gasteiger partial charge in [0.05, 0.1) is 23.0 Å². The smallest absolute Gasteiger partial charge is 0.306 e. The lowest BCUT2D eigenvalue weighted by Gasteiger charge is -2.29. The van der Waals surface area contributed by atoms with Gasteiger partial charge in [-0.1, -0.05) is 13.3 Å². The van der Waals surface area contributed by atoms with Gasteiger partial charge in [-0.05, 0) is 56.0 Å². The number of aliphatic carboxylic acids is 1. The molecule has 1 fully saturated rings. The number of pyridine rings is 1. The minimum atomic E-state index is -3.89. The number of hydrogen-bond acceptors (Lipinski definition) is 7. The number of carboxylic acids is 1. The van der Waals surface area contributed by atoms with Crippen LogP contribution in [0.25, 0.3) is 22.4 Å². The van der Waals surface area contributed by atoms with Crippen molar-refractivity contribution in [2.75, 3.05) is 19.7 Å². The SMILES string of the molecule is CCCc1ccnc2c(=O)[nH]c(-c3cc(S(=O)(=O)N4CCC(C(=O)O)CC4)ccc3OCC)nc12. The Morgan fingerprint density at radius 2 is 1.94 bits per heavy atom. The van der Waals surface area contributed by atoms with Gasteiger partial charge in [-0.25, -0.2) is 18.4 Å². The number of carbonyl (C=O) groups is 1. The highest BCUT2D eigenvalue weighted by atomic mass is 32.2. The Labute approximate surface area is 203 Å². The first-order valence-electron chi connectivity index (χ1n) is 11.6. The first kappa shape index (κ1) is 24.8. The third kappa shape index (κ3) is 4.92. The third-order valence-corrected chi connectivity index (χ3v) is 8.04. The Bertz CT molecular complexity index is 1410. The van der Waals surface area contributed by atoms with Gasteiger partial charge in [-0.15, -0.1) is 0 Å². The van der Waals surface area contributed by atoms with Crippen LogP contribution in [0.5, 0.6) is 5.75 Å². The van der Waals surface area contributed by atoms with Crippen molar-refractivity contribution in [3.63, 3.8) is 0 Å². The maximum absolute atomic E-state index is 13.4. The third-order valence-electron chi connectivity index (χ3n) is 6.14. The Kier molecular flexibility index (Phi) is 7.18. The molecule has 3 heterocycles. The van der Waals surface area contributed by atoms with Crippen LogP contribution in [0.2, 0.25) is 0 Å². The average Bonchev–Trinajstić information content (AvgIpc) is 2.85. The highest BCUT2D eigenvalue weighted by molar-refractivity contribution is 7.89. The quantitative estimate of drug-likeness (QED) is 0.481. The number of aryl methyl sites for hydroxylation is 1. The first-order valence-corrected chi connectivity index (χ1v) is 13.1. The van der Waals surface area contributed by atoms with E-state index < -0.39 is 27.5 Å². The van der Waals surface area contributed by atoms with Gasteiger partial charge in [-0.2, -0.15) is 4.31 Å². The van der Waals surface area contributed by atoms with Crippen LogP contribution in [0.1, 0.15) is 38.7 Å². The van der Waals surface area contributed by atoms with Gasteiger partial charge in [-0.3, -0.25) is 9.59 Å². The van der Waals surface area contributed by atoms with E-state index in [4.69, 9.17) is 4.74 Å². The summed E-state index contributed by atoms with van der Waals surface area (Å²) in [4.78, 5) is 35.7. The Balaban J connectivity index is 1.80. The van der Waals surface area contributed by atoms with E-state index in [-0.39, 0.29) is 42.2 Å². The van der Waals surface area contributed by atoms with E-state index in [1.54, 1.807) is 19.2 Å². The number of sulfonamides is 1. The molecule has 1 saturated heterocycles. The number of piperidine rings is 1. The van der Waals surface area contributed by atoms with Gasteiger partial charge in [0.15, 0.2) is 5.52 Å². The molecule has 186 valence electrons. The summed E-state index contributed by atoms with van der Waals surface area (Å²) in [7, 11) is -3.89. The predicted octanol–water partition coefficient (Wildman–Crippen LogP) is 2.82. The standard InChI is InChI=1S/C24H28N4O6S/c1-3-5-15-8-11-25-21-20(15)26-22(27-23(21)29)18-14-17(6-7-19(18)34-4-2)35(32,33)28-12-9-16(10-13-28)24(30)31/h6-8,11,14,16H,3-5,9-10,12-13H2,1-2H3,(H,30,31)(H,26,27,29). The molecule has 2 N–H and O–H groups in total. The molecule has 0 bridgehead atoms. The number of H-pyrrole nitrogens is 1. The molecule has 10 nitrogen and oxygen atoms in total. The maximum Gasteiger partial charge on any atom is 0.306 e. The van der Waals surface area contributed by atoms with Gasteiger partial charge in [0.25, 0.3) is 5.56 Å². The summed E-state index contributed by atoms with van der Waals surface area (Å²) in [6, 6.07) is 6.28. The van der Waals surface area contributed by atoms with Crippen LogP contribution in [-0.2, 0) is 21.2 Å². The summed E-state index contributed by atoms with van der Waals surface area (Å²) >= 11 is 0. The van der Waals surface area contributed by atoms with Crippen molar-refractivity contribution in [1.82, 2.24) is 19.3 Å². The molecule has 0 radical (unpaired) electrons. The molecule has 1 aliphatic rings. The number of carboxylic acid groups (broad SMARTS) is 1. The van der Waals surface area contributed by atoms with E-state index in [9.17, 15) is 23.1 Å². The number of fused-ring (bicyclic) bond motifs is 1. The molecular weight excluding hydrogens is 472 g/mol. The van der Waals surface area contributed by atoms with Crippen LogP contribution in [0.15, 0.2) is 40.2 Å². The van der Waals surface area contributed by atoms with E-state index in [0.717, 1.165) is 12.0 Å². The summed E-state index contributed by atoms with van der Waals surface area (Å²) in [5.74, 6) is -0.874. The van der Waals surface area contributed by atoms with Crippen molar-refractivity contribution in [1.29, 1.82) is 0 Å². The van der Waals surface area contributed by atoms with Crippen LogP contribution in [0, 0.1) is 5.92 Å². The molecule has 0 spiro atoms. The molecule has 35 heavy (non-hydrogen) atoms. The van der Waals surface area contributed by atoms with Crippen molar-refractivity contribution in [2.24, 2.45) is 5.92 Å². The average molecular weight is 501 g/mol. The molecule has 0 unspecified atom stereocenters. The van der Waals surface area contributed by atoms with Gasteiger partial charge < -0.3 is 14.8 Å². The highest BCUT2D eigenvalue weighted by Crippen LogP contribution is 2.33. The minimum Gasteiger partial charge on any atom is -0.493 e. The van der Waals surface area contributed by atoms with E-state index in [0.29, 0.717) is 29.9 Å². The maximum atomic E-state index is 13.4. The van der Waals surface area contributed by atoms with Gasteiger partial charge in [0.2, 0.25) is 10.0 Å². The molecule has 0 saturated carbocycles. The van der Waals surface area contributed by atoms with Gasteiger partial charge >= 0.3 is 5.97 Å². The second kappa shape index (κ2) is 10.1. The van der Waals surface area contributed by atoms with Gasteiger partial charge in [0, 0.05) is 19.3 Å². The fourth-order valence-corrected chi connectivity index (χ4v) is 5.81. The predicted molar refractivity (Wildman–Crippen MR) is 130 cm³/mol. The van der Waals surface area contributed by atoms with E-state index in [1.807, 2.05) is 13.0 Å². The van der Waals surface area contributed by atoms with Gasteiger partial charge in [0.1, 0.15) is 17.1 Å². The zero-order chi connectivity index (χ0) is 25.2. The van der Waals surface area contributed by atoms with Crippen molar-refractivity contribution in [3.05, 3.63) is 46.4 Å². The lowest BCUT2D eigenvalue weighted by Crippen LogP contribution is -2.40. The number of nitrogens with one attached hydrogen (secondary N) is 1. The van der Waals surface area contributed by atoms with E-state index in [1.165, 1.54) is 16.4 Å². The summed E-state index contributed by atoms with van der Waals surface area (Å²) in [5, 5.41) is 9.22. The topological polar surface area (TPSA) is 143 Å². The van der Waals surface area contributed by atoms with Crippen LogP contribution in [0.4, 0.5) is 0 Å². The Morgan fingerprint density at radius 3 is 2.60 bits per heavy atom. The number of aromatic amines is 1. The number of rotatable bonds is 8. The number of aromatic nitrogens is 3. The van der Waals surface area contributed by atoms with Crippen molar-refractivity contribution >= 4 is 27.0 Å². The monoisotopic (exact) mass is 500 g/mol. The van der Waals surface area contributed by atoms with E-state index in [2.05, 4.69) is 15.0 Å². The summed E-state index contributed by atoms with van der Waals surface area (Å²) < 4.78 is 33.8. The highest BCUT2D eigenvalue weighted by Gasteiger charge is 2.32. The van der Waals surface area contributed by atoms with Crippen LogP contribution >= 0.6 is 0 Å². The molecule has 1 aliphatic heterocycles. The zero-order valence-corrected chi connectivity index (χ0v) is 20.5. The van der Waals surface area contributed by atoms with Crippen LogP contribution in [-0.4, -0.2) is 58.4 Å². The molecule has 3 aromatic rings. The van der Waals surface area contributed by atoms with Crippen molar-refractivity contribution in [3.8, 4) is 17.1 Å². The lowest BCUT2D eigenvalue weighted by molar-refractivity contribution is -0.142. The Morgan fingerprint density at radius 1 is 1.20 bits per heavy atom. The summed E-state index contributed by atoms with van der Waals surface area (Å²) in [6.07, 6.45) is 3.67. The number of benzene rings is 1. The normalized spacial score (nSPS) is 15.4. The molecule has 11 heteroatoms. The van der Waals surface area contributed by atoms with Crippen LogP contribution in [0.3, 0.4) is 0 Å². The zero-order valence-electron chi connectivity index (χ0n) is 19.7. The molecular formula is C24H28N4O6S. The molecule has 0 aliphatic carbocycles. The fourth-order valence-electron chi connectivity index (χ4n) is 4.32. The Hall–Kier alpha value is -3.31. The molecule has 1 aromatic carbocycles.